The van der Waals surface area contributed by atoms with E-state index in [9.17, 15) is 0 Å². The summed E-state index contributed by atoms with van der Waals surface area (Å²) in [4.78, 5) is 6.01. The van der Waals surface area contributed by atoms with E-state index in [1.165, 1.54) is 43.4 Å². The van der Waals surface area contributed by atoms with Crippen molar-refractivity contribution < 1.29 is 4.74 Å². The number of nitrogens with one attached hydrogen (secondary N) is 1. The Kier molecular flexibility index (Phi) is 2.97. The minimum atomic E-state index is 0.928. The molecule has 0 spiro atoms. The van der Waals surface area contributed by atoms with Gasteiger partial charge in [0, 0.05) is 21.7 Å². The van der Waals surface area contributed by atoms with Crippen LogP contribution in [0.1, 0.15) is 0 Å². The first kappa shape index (κ1) is 15.5. The summed E-state index contributed by atoms with van der Waals surface area (Å²) >= 11 is 1.77. The van der Waals surface area contributed by atoms with Crippen LogP contribution >= 0.6 is 11.8 Å². The Bertz CT molecular complexity index is 1610. The summed E-state index contributed by atoms with van der Waals surface area (Å²) in [6.45, 7) is 0. The van der Waals surface area contributed by atoms with E-state index < -0.39 is 0 Å². The van der Waals surface area contributed by atoms with Crippen molar-refractivity contribution in [3.8, 4) is 11.5 Å². The summed E-state index contributed by atoms with van der Waals surface area (Å²) in [5, 5.41) is 7.52. The maximum Gasteiger partial charge on any atom is 0.142 e. The lowest BCUT2D eigenvalue weighted by atomic mass is 10.0. The first-order chi connectivity index (χ1) is 14.3. The maximum absolute atomic E-state index is 6.24. The molecule has 0 bridgehead atoms. The molecule has 0 unspecified atom stereocenters. The highest BCUT2D eigenvalue weighted by Crippen LogP contribution is 2.49. The molecular weight excluding hydrogens is 374 g/mol. The summed E-state index contributed by atoms with van der Waals surface area (Å²) in [6, 6.07) is 30.1. The van der Waals surface area contributed by atoms with Crippen molar-refractivity contribution in [2.45, 2.75) is 9.79 Å². The van der Waals surface area contributed by atoms with E-state index in [0.29, 0.717) is 0 Å². The van der Waals surface area contributed by atoms with Crippen LogP contribution in [0.4, 0.5) is 0 Å². The van der Waals surface area contributed by atoms with E-state index >= 15 is 0 Å². The molecule has 29 heavy (non-hydrogen) atoms. The fourth-order valence-electron chi connectivity index (χ4n) is 4.49. The fourth-order valence-corrected chi connectivity index (χ4v) is 5.47. The molecule has 5 aromatic carbocycles. The van der Waals surface area contributed by atoms with Crippen molar-refractivity contribution in [1.29, 1.82) is 0 Å². The highest BCUT2D eigenvalue weighted by molar-refractivity contribution is 7.99. The standard InChI is InChI=1S/C26H15NOS/c1-2-6-17-15(5-1)10-12-20-25(17)18-11-9-16-13-24-22(14-19(16)26(18)27-20)28-21-7-3-4-8-23(21)29-24/h1-14,27H. The van der Waals surface area contributed by atoms with Crippen LogP contribution in [-0.4, -0.2) is 4.98 Å². The Morgan fingerprint density at radius 1 is 0.621 bits per heavy atom. The van der Waals surface area contributed by atoms with Crippen molar-refractivity contribution in [1.82, 2.24) is 4.98 Å². The highest BCUT2D eigenvalue weighted by Gasteiger charge is 2.19. The Labute approximate surface area is 171 Å². The summed E-state index contributed by atoms with van der Waals surface area (Å²) in [6.07, 6.45) is 0. The van der Waals surface area contributed by atoms with Crippen LogP contribution in [0, 0.1) is 0 Å². The highest BCUT2D eigenvalue weighted by atomic mass is 32.2. The number of hydrogen-bond donors (Lipinski definition) is 1. The summed E-state index contributed by atoms with van der Waals surface area (Å²) < 4.78 is 6.24. The van der Waals surface area contributed by atoms with Crippen molar-refractivity contribution in [3.63, 3.8) is 0 Å². The van der Waals surface area contributed by atoms with Gasteiger partial charge in [0.2, 0.25) is 0 Å². The SMILES string of the molecule is c1ccc2c(c1)Oc1cc3c(ccc4c3[nH]c3ccc5ccccc5c34)cc1S2. The Morgan fingerprint density at radius 3 is 2.48 bits per heavy atom. The number of aromatic nitrogens is 1. The normalized spacial score (nSPS) is 13.0. The van der Waals surface area contributed by atoms with Crippen LogP contribution in [0.3, 0.4) is 0 Å². The van der Waals surface area contributed by atoms with Crippen molar-refractivity contribution in [3.05, 3.63) is 84.9 Å². The number of aromatic amines is 1. The van der Waals surface area contributed by atoms with Crippen LogP contribution < -0.4 is 4.74 Å². The molecule has 0 saturated heterocycles. The number of fused-ring (bicyclic) bond motifs is 9. The van der Waals surface area contributed by atoms with E-state index in [0.717, 1.165) is 21.3 Å². The summed E-state index contributed by atoms with van der Waals surface area (Å²) in [5.41, 5.74) is 2.34. The van der Waals surface area contributed by atoms with E-state index in [4.69, 9.17) is 4.74 Å². The van der Waals surface area contributed by atoms with E-state index in [1.807, 2.05) is 12.1 Å². The van der Waals surface area contributed by atoms with Gasteiger partial charge in [-0.15, -0.1) is 0 Å². The van der Waals surface area contributed by atoms with Crippen molar-refractivity contribution in [2.75, 3.05) is 0 Å². The molecule has 0 atom stereocenters. The second kappa shape index (κ2) is 5.56. The summed E-state index contributed by atoms with van der Waals surface area (Å²) in [5.74, 6) is 1.86. The lowest BCUT2D eigenvalue weighted by Gasteiger charge is -2.20. The van der Waals surface area contributed by atoms with E-state index in [-0.39, 0.29) is 0 Å². The van der Waals surface area contributed by atoms with Crippen molar-refractivity contribution >= 4 is 55.1 Å². The Morgan fingerprint density at radius 2 is 1.48 bits per heavy atom. The van der Waals surface area contributed by atoms with Gasteiger partial charge in [0.1, 0.15) is 11.5 Å². The van der Waals surface area contributed by atoms with Gasteiger partial charge >= 0.3 is 0 Å². The number of H-pyrrole nitrogens is 1. The quantitative estimate of drug-likeness (QED) is 0.285. The third-order valence-corrected chi connectivity index (χ3v) is 6.93. The molecule has 0 fully saturated rings. The molecule has 7 rings (SSSR count). The largest absolute Gasteiger partial charge is 0.455 e. The lowest BCUT2D eigenvalue weighted by molar-refractivity contribution is 0.455. The number of ether oxygens (including phenoxy) is 1. The molecule has 0 amide bonds. The monoisotopic (exact) mass is 389 g/mol. The van der Waals surface area contributed by atoms with E-state index in [1.54, 1.807) is 11.8 Å². The predicted molar refractivity (Wildman–Crippen MR) is 121 cm³/mol. The van der Waals surface area contributed by atoms with Gasteiger partial charge in [0.05, 0.1) is 15.3 Å². The molecule has 136 valence electrons. The maximum atomic E-state index is 6.24. The predicted octanol–water partition coefficient (Wildman–Crippen LogP) is 7.88. The minimum absolute atomic E-state index is 0.928. The molecule has 6 aromatic rings. The van der Waals surface area contributed by atoms with Crippen molar-refractivity contribution in [2.24, 2.45) is 0 Å². The molecule has 0 saturated carbocycles. The molecule has 2 nitrogen and oxygen atoms in total. The molecule has 2 heterocycles. The smallest absolute Gasteiger partial charge is 0.142 e. The number of rotatable bonds is 0. The molecule has 1 N–H and O–H groups in total. The number of benzene rings is 5. The van der Waals surface area contributed by atoms with Gasteiger partial charge in [-0.25, -0.2) is 0 Å². The first-order valence-electron chi connectivity index (χ1n) is 9.70. The first-order valence-corrected chi connectivity index (χ1v) is 10.5. The summed E-state index contributed by atoms with van der Waals surface area (Å²) in [7, 11) is 0. The molecule has 1 aliphatic rings. The zero-order valence-electron chi connectivity index (χ0n) is 15.4. The third-order valence-electron chi connectivity index (χ3n) is 5.83. The number of hydrogen-bond acceptors (Lipinski definition) is 2. The van der Waals surface area contributed by atoms with Gasteiger partial charge in [0.25, 0.3) is 0 Å². The van der Waals surface area contributed by atoms with Crippen LogP contribution in [0.2, 0.25) is 0 Å². The second-order valence-electron chi connectivity index (χ2n) is 7.49. The van der Waals surface area contributed by atoms with Gasteiger partial charge in [-0.3, -0.25) is 0 Å². The van der Waals surface area contributed by atoms with Crippen LogP contribution in [0.15, 0.2) is 94.7 Å². The van der Waals surface area contributed by atoms with Gasteiger partial charge in [-0.05, 0) is 46.5 Å². The average Bonchev–Trinajstić information content (AvgIpc) is 3.16. The minimum Gasteiger partial charge on any atom is -0.455 e. The molecular formula is C26H15NOS. The molecule has 1 aliphatic heterocycles. The van der Waals surface area contributed by atoms with Gasteiger partial charge in [-0.2, -0.15) is 0 Å². The Hall–Kier alpha value is -3.43. The molecule has 0 radical (unpaired) electrons. The van der Waals surface area contributed by atoms with Crippen LogP contribution in [0.5, 0.6) is 11.5 Å². The zero-order valence-corrected chi connectivity index (χ0v) is 16.2. The molecule has 0 aliphatic carbocycles. The van der Waals surface area contributed by atoms with Gasteiger partial charge in [0.15, 0.2) is 0 Å². The number of para-hydroxylation sites is 1. The van der Waals surface area contributed by atoms with Crippen LogP contribution in [0.25, 0.3) is 43.4 Å². The lowest BCUT2D eigenvalue weighted by Crippen LogP contribution is -1.94. The van der Waals surface area contributed by atoms with Gasteiger partial charge in [-0.1, -0.05) is 66.4 Å². The zero-order chi connectivity index (χ0) is 18.9. The molecule has 3 heteroatoms. The Balaban J connectivity index is 1.55. The molecule has 1 aromatic heterocycles. The average molecular weight is 389 g/mol. The van der Waals surface area contributed by atoms with E-state index in [2.05, 4.69) is 77.8 Å². The third kappa shape index (κ3) is 2.13. The van der Waals surface area contributed by atoms with Crippen LogP contribution in [-0.2, 0) is 0 Å². The second-order valence-corrected chi connectivity index (χ2v) is 8.58. The topological polar surface area (TPSA) is 25.0 Å². The van der Waals surface area contributed by atoms with Gasteiger partial charge < -0.3 is 9.72 Å². The fraction of sp³-hybridized carbons (Fsp3) is 0.